The number of anilines is 1. The Balaban J connectivity index is 1.90. The van der Waals surface area contributed by atoms with E-state index in [-0.39, 0.29) is 24.4 Å². The van der Waals surface area contributed by atoms with Gasteiger partial charge in [-0.25, -0.2) is 9.97 Å². The molecule has 1 aromatic carbocycles. The van der Waals surface area contributed by atoms with Crippen LogP contribution in [0.1, 0.15) is 42.2 Å². The summed E-state index contributed by atoms with van der Waals surface area (Å²) in [6, 6.07) is 7.40. The number of rotatable bonds is 6. The van der Waals surface area contributed by atoms with Crippen LogP contribution in [0.15, 0.2) is 36.8 Å². The Kier molecular flexibility index (Phi) is 6.23. The Labute approximate surface area is 165 Å². The van der Waals surface area contributed by atoms with E-state index in [0.29, 0.717) is 23.6 Å². The van der Waals surface area contributed by atoms with Crippen molar-refractivity contribution < 1.29 is 14.3 Å². The number of methoxy groups -OCH3 is 1. The molecule has 0 aliphatic carbocycles. The lowest BCUT2D eigenvalue weighted by Crippen LogP contribution is -2.58. The van der Waals surface area contributed by atoms with E-state index in [0.717, 1.165) is 24.9 Å². The molecule has 0 saturated carbocycles. The second kappa shape index (κ2) is 8.82. The molecule has 148 valence electrons. The molecule has 28 heavy (non-hydrogen) atoms. The van der Waals surface area contributed by atoms with Crippen LogP contribution in [-0.2, 0) is 4.79 Å². The standard InChI is InChI=1S/C21H26N4O3/c1-4-5-8-16-12-25(18-9-6-7-10-19(18)28-3)20(26)13-24(16)21(27)17-11-22-14-23-15(17)2/h6-7,9-11,14,16H,4-5,8,12-13H2,1-3H3/t16-/m1/s1. The molecule has 1 aliphatic rings. The lowest BCUT2D eigenvalue weighted by molar-refractivity contribution is -0.121. The van der Waals surface area contributed by atoms with Crippen molar-refractivity contribution in [3.8, 4) is 5.75 Å². The highest BCUT2D eigenvalue weighted by atomic mass is 16.5. The third-order valence-corrected chi connectivity index (χ3v) is 5.11. The number of para-hydroxylation sites is 2. The zero-order valence-corrected chi connectivity index (χ0v) is 16.6. The maximum Gasteiger partial charge on any atom is 0.258 e. The van der Waals surface area contributed by atoms with Gasteiger partial charge in [-0.3, -0.25) is 9.59 Å². The predicted molar refractivity (Wildman–Crippen MR) is 106 cm³/mol. The Morgan fingerprint density at radius 2 is 2.11 bits per heavy atom. The van der Waals surface area contributed by atoms with Gasteiger partial charge in [-0.15, -0.1) is 0 Å². The number of benzene rings is 1. The average Bonchev–Trinajstić information content (AvgIpc) is 2.72. The van der Waals surface area contributed by atoms with E-state index in [4.69, 9.17) is 4.74 Å². The average molecular weight is 382 g/mol. The largest absolute Gasteiger partial charge is 0.495 e. The predicted octanol–water partition coefficient (Wildman–Crippen LogP) is 2.84. The molecule has 2 aromatic rings. The van der Waals surface area contributed by atoms with Crippen LogP contribution in [-0.4, -0.2) is 52.9 Å². The summed E-state index contributed by atoms with van der Waals surface area (Å²) in [5, 5.41) is 0. The van der Waals surface area contributed by atoms with Crippen molar-refractivity contribution in [2.45, 2.75) is 39.2 Å². The summed E-state index contributed by atoms with van der Waals surface area (Å²) < 4.78 is 5.43. The van der Waals surface area contributed by atoms with Gasteiger partial charge in [0.05, 0.1) is 30.1 Å². The molecule has 0 bridgehead atoms. The number of aromatic nitrogens is 2. The fraction of sp³-hybridized carbons (Fsp3) is 0.429. The molecular weight excluding hydrogens is 356 g/mol. The Morgan fingerprint density at radius 3 is 2.82 bits per heavy atom. The highest BCUT2D eigenvalue weighted by Gasteiger charge is 2.37. The highest BCUT2D eigenvalue weighted by Crippen LogP contribution is 2.31. The normalized spacial score (nSPS) is 17.0. The number of ether oxygens (including phenoxy) is 1. The molecule has 0 spiro atoms. The van der Waals surface area contributed by atoms with Gasteiger partial charge in [-0.2, -0.15) is 0 Å². The molecule has 0 radical (unpaired) electrons. The van der Waals surface area contributed by atoms with E-state index in [1.807, 2.05) is 24.3 Å². The molecule has 1 saturated heterocycles. The van der Waals surface area contributed by atoms with Gasteiger partial charge in [0, 0.05) is 12.7 Å². The minimum Gasteiger partial charge on any atom is -0.495 e. The number of aryl methyl sites for hydroxylation is 1. The molecule has 7 heteroatoms. The number of carbonyl (C=O) groups excluding carboxylic acids is 2. The van der Waals surface area contributed by atoms with Crippen LogP contribution >= 0.6 is 0 Å². The van der Waals surface area contributed by atoms with Gasteiger partial charge in [0.25, 0.3) is 5.91 Å². The fourth-order valence-corrected chi connectivity index (χ4v) is 3.54. The van der Waals surface area contributed by atoms with Crippen molar-refractivity contribution in [1.29, 1.82) is 0 Å². The van der Waals surface area contributed by atoms with Crippen LogP contribution in [0.25, 0.3) is 0 Å². The molecule has 1 aliphatic heterocycles. The lowest BCUT2D eigenvalue weighted by Gasteiger charge is -2.41. The Bertz CT molecular complexity index is 855. The number of hydrogen-bond donors (Lipinski definition) is 0. The minimum absolute atomic E-state index is 0.0274. The zero-order chi connectivity index (χ0) is 20.1. The van der Waals surface area contributed by atoms with Gasteiger partial charge in [-0.05, 0) is 25.5 Å². The number of piperazine rings is 1. The quantitative estimate of drug-likeness (QED) is 0.768. The molecular formula is C21H26N4O3. The molecule has 2 heterocycles. The van der Waals surface area contributed by atoms with E-state index in [1.165, 1.54) is 12.5 Å². The van der Waals surface area contributed by atoms with Gasteiger partial charge < -0.3 is 14.5 Å². The van der Waals surface area contributed by atoms with Crippen LogP contribution in [0.3, 0.4) is 0 Å². The molecule has 1 aromatic heterocycles. The first-order valence-corrected chi connectivity index (χ1v) is 9.57. The Morgan fingerprint density at radius 1 is 1.32 bits per heavy atom. The van der Waals surface area contributed by atoms with Crippen LogP contribution in [0, 0.1) is 6.92 Å². The number of amides is 2. The summed E-state index contributed by atoms with van der Waals surface area (Å²) in [4.78, 5) is 37.6. The summed E-state index contributed by atoms with van der Waals surface area (Å²) >= 11 is 0. The van der Waals surface area contributed by atoms with Crippen LogP contribution in [0.2, 0.25) is 0 Å². The monoisotopic (exact) mass is 382 g/mol. The second-order valence-corrected chi connectivity index (χ2v) is 6.93. The molecule has 1 atom stereocenters. The second-order valence-electron chi connectivity index (χ2n) is 6.93. The van der Waals surface area contributed by atoms with Crippen molar-refractivity contribution in [1.82, 2.24) is 14.9 Å². The molecule has 7 nitrogen and oxygen atoms in total. The number of hydrogen-bond acceptors (Lipinski definition) is 5. The SMILES string of the molecule is CCCC[C@@H]1CN(c2ccccc2OC)C(=O)CN1C(=O)c1cncnc1C. The van der Waals surface area contributed by atoms with Crippen molar-refractivity contribution >= 4 is 17.5 Å². The van der Waals surface area contributed by atoms with E-state index in [9.17, 15) is 9.59 Å². The smallest absolute Gasteiger partial charge is 0.258 e. The fourth-order valence-electron chi connectivity index (χ4n) is 3.54. The van der Waals surface area contributed by atoms with E-state index in [1.54, 1.807) is 23.8 Å². The molecule has 0 unspecified atom stereocenters. The van der Waals surface area contributed by atoms with Crippen molar-refractivity contribution in [2.24, 2.45) is 0 Å². The van der Waals surface area contributed by atoms with Crippen LogP contribution in [0.4, 0.5) is 5.69 Å². The lowest BCUT2D eigenvalue weighted by atomic mass is 10.0. The molecule has 0 N–H and O–H groups in total. The summed E-state index contributed by atoms with van der Waals surface area (Å²) in [6.07, 6.45) is 5.78. The van der Waals surface area contributed by atoms with Gasteiger partial charge in [0.2, 0.25) is 5.91 Å². The maximum absolute atomic E-state index is 13.2. The minimum atomic E-state index is -0.188. The van der Waals surface area contributed by atoms with Crippen molar-refractivity contribution in [3.63, 3.8) is 0 Å². The van der Waals surface area contributed by atoms with Crippen molar-refractivity contribution in [3.05, 3.63) is 48.0 Å². The summed E-state index contributed by atoms with van der Waals surface area (Å²) in [5.41, 5.74) is 1.80. The van der Waals surface area contributed by atoms with Crippen LogP contribution < -0.4 is 9.64 Å². The number of unbranched alkanes of at least 4 members (excludes halogenated alkanes) is 1. The molecule has 3 rings (SSSR count). The summed E-state index contributed by atoms with van der Waals surface area (Å²) in [5.74, 6) is 0.338. The maximum atomic E-state index is 13.2. The molecule has 2 amide bonds. The first kappa shape index (κ1) is 19.8. The first-order chi connectivity index (χ1) is 13.6. The summed E-state index contributed by atoms with van der Waals surface area (Å²) in [6.45, 7) is 4.37. The van der Waals surface area contributed by atoms with Gasteiger partial charge in [-0.1, -0.05) is 31.9 Å². The Hall–Kier alpha value is -2.96. The molecule has 1 fully saturated rings. The third kappa shape index (κ3) is 3.98. The van der Waals surface area contributed by atoms with Gasteiger partial charge in [0.1, 0.15) is 18.6 Å². The number of nitrogens with zero attached hydrogens (tertiary/aromatic N) is 4. The van der Waals surface area contributed by atoms with E-state index in [2.05, 4.69) is 16.9 Å². The van der Waals surface area contributed by atoms with Crippen molar-refractivity contribution in [2.75, 3.05) is 25.1 Å². The first-order valence-electron chi connectivity index (χ1n) is 9.57. The zero-order valence-electron chi connectivity index (χ0n) is 16.6. The third-order valence-electron chi connectivity index (χ3n) is 5.11. The van der Waals surface area contributed by atoms with E-state index < -0.39 is 0 Å². The van der Waals surface area contributed by atoms with Crippen LogP contribution in [0.5, 0.6) is 5.75 Å². The topological polar surface area (TPSA) is 75.6 Å². The highest BCUT2D eigenvalue weighted by molar-refractivity contribution is 6.02. The van der Waals surface area contributed by atoms with Gasteiger partial charge in [0.15, 0.2) is 0 Å². The van der Waals surface area contributed by atoms with Gasteiger partial charge >= 0.3 is 0 Å². The summed E-state index contributed by atoms with van der Waals surface area (Å²) in [7, 11) is 1.59. The van der Waals surface area contributed by atoms with E-state index >= 15 is 0 Å². The number of carbonyl (C=O) groups is 2.